The summed E-state index contributed by atoms with van der Waals surface area (Å²) in [6.45, 7) is 0.0625. The molecule has 0 unspecified atom stereocenters. The molecule has 0 bridgehead atoms. The minimum atomic E-state index is -0.288. The van der Waals surface area contributed by atoms with Gasteiger partial charge in [-0.2, -0.15) is 5.10 Å². The Morgan fingerprint density at radius 3 is 2.44 bits per heavy atom. The number of carbonyl (C=O) groups is 1. The first kappa shape index (κ1) is 18.1. The van der Waals surface area contributed by atoms with Crippen molar-refractivity contribution in [3.63, 3.8) is 0 Å². The standard InChI is InChI=1S/C18H21N3O4/c1-23-15-9-5-4-8-14(15)19-12-17(22)21-20-11-13-7-6-10-16(24-2)18(13)25-3/h4-11,19H,12H2,1-3H3,(H,21,22)/b20-11-. The molecule has 0 saturated carbocycles. The summed E-state index contributed by atoms with van der Waals surface area (Å²) in [6.07, 6.45) is 1.50. The van der Waals surface area contributed by atoms with Gasteiger partial charge < -0.3 is 19.5 Å². The number of nitrogens with zero attached hydrogens (tertiary/aromatic N) is 1. The van der Waals surface area contributed by atoms with Crippen molar-refractivity contribution in [2.45, 2.75) is 0 Å². The number of ether oxygens (including phenoxy) is 3. The van der Waals surface area contributed by atoms with E-state index in [2.05, 4.69) is 15.8 Å². The predicted octanol–water partition coefficient (Wildman–Crippen LogP) is 2.27. The zero-order valence-corrected chi connectivity index (χ0v) is 14.4. The van der Waals surface area contributed by atoms with Gasteiger partial charge in [-0.25, -0.2) is 5.43 Å². The molecule has 7 nitrogen and oxygen atoms in total. The lowest BCUT2D eigenvalue weighted by Crippen LogP contribution is -2.26. The highest BCUT2D eigenvalue weighted by atomic mass is 16.5. The second kappa shape index (κ2) is 9.17. The number of hydrogen-bond donors (Lipinski definition) is 2. The number of nitrogens with one attached hydrogen (secondary N) is 2. The van der Waals surface area contributed by atoms with Crippen LogP contribution in [0.5, 0.6) is 17.2 Å². The van der Waals surface area contributed by atoms with E-state index in [1.807, 2.05) is 36.4 Å². The van der Waals surface area contributed by atoms with Gasteiger partial charge in [-0.3, -0.25) is 4.79 Å². The zero-order chi connectivity index (χ0) is 18.1. The first-order valence-electron chi connectivity index (χ1n) is 7.59. The van der Waals surface area contributed by atoms with Crippen molar-refractivity contribution in [3.8, 4) is 17.2 Å². The van der Waals surface area contributed by atoms with E-state index in [0.717, 1.165) is 5.69 Å². The van der Waals surface area contributed by atoms with Crippen LogP contribution in [-0.4, -0.2) is 40.0 Å². The van der Waals surface area contributed by atoms with Crippen molar-refractivity contribution in [1.29, 1.82) is 0 Å². The fourth-order valence-corrected chi connectivity index (χ4v) is 2.19. The number of benzene rings is 2. The van der Waals surface area contributed by atoms with Crippen molar-refractivity contribution < 1.29 is 19.0 Å². The van der Waals surface area contributed by atoms with Crippen LogP contribution in [0.25, 0.3) is 0 Å². The Kier molecular flexibility index (Phi) is 6.65. The molecule has 0 heterocycles. The van der Waals surface area contributed by atoms with Gasteiger partial charge in [0.25, 0.3) is 5.91 Å². The minimum absolute atomic E-state index is 0.0625. The lowest BCUT2D eigenvalue weighted by atomic mass is 10.2. The molecule has 0 fully saturated rings. The lowest BCUT2D eigenvalue weighted by Gasteiger charge is -2.10. The monoisotopic (exact) mass is 343 g/mol. The molecule has 2 rings (SSSR count). The highest BCUT2D eigenvalue weighted by Crippen LogP contribution is 2.29. The summed E-state index contributed by atoms with van der Waals surface area (Å²) in [5, 5.41) is 6.95. The molecule has 132 valence electrons. The van der Waals surface area contributed by atoms with Crippen molar-refractivity contribution in [1.82, 2.24) is 5.43 Å². The maximum absolute atomic E-state index is 11.9. The number of methoxy groups -OCH3 is 3. The van der Waals surface area contributed by atoms with E-state index in [1.165, 1.54) is 6.21 Å². The Balaban J connectivity index is 1.93. The van der Waals surface area contributed by atoms with Gasteiger partial charge >= 0.3 is 0 Å². The Hall–Kier alpha value is -3.22. The smallest absolute Gasteiger partial charge is 0.259 e. The number of rotatable bonds is 8. The van der Waals surface area contributed by atoms with Gasteiger partial charge in [0.05, 0.1) is 39.8 Å². The molecule has 0 aliphatic rings. The molecule has 2 aromatic rings. The number of carbonyl (C=O) groups excluding carboxylic acids is 1. The van der Waals surface area contributed by atoms with Crippen LogP contribution in [0.4, 0.5) is 5.69 Å². The van der Waals surface area contributed by atoms with Crippen LogP contribution >= 0.6 is 0 Å². The Morgan fingerprint density at radius 2 is 1.72 bits per heavy atom. The van der Waals surface area contributed by atoms with Crippen LogP contribution in [0, 0.1) is 0 Å². The number of hydrazone groups is 1. The van der Waals surface area contributed by atoms with E-state index in [0.29, 0.717) is 22.8 Å². The number of anilines is 1. The van der Waals surface area contributed by atoms with Gasteiger partial charge in [-0.15, -0.1) is 0 Å². The van der Waals surface area contributed by atoms with Gasteiger partial charge in [-0.1, -0.05) is 18.2 Å². The Labute approximate surface area is 146 Å². The quantitative estimate of drug-likeness (QED) is 0.568. The molecule has 0 aliphatic heterocycles. The first-order chi connectivity index (χ1) is 12.2. The average Bonchev–Trinajstić information content (AvgIpc) is 2.66. The Bertz CT molecular complexity index is 747. The number of amides is 1. The van der Waals surface area contributed by atoms with Crippen molar-refractivity contribution in [2.75, 3.05) is 33.2 Å². The van der Waals surface area contributed by atoms with Crippen LogP contribution < -0.4 is 25.0 Å². The maximum atomic E-state index is 11.9. The average molecular weight is 343 g/mol. The van der Waals surface area contributed by atoms with Gasteiger partial charge in [0.15, 0.2) is 11.5 Å². The van der Waals surface area contributed by atoms with Crippen LogP contribution in [0.1, 0.15) is 5.56 Å². The molecule has 1 amide bonds. The molecule has 2 N–H and O–H groups in total. The molecular formula is C18H21N3O4. The maximum Gasteiger partial charge on any atom is 0.259 e. The van der Waals surface area contributed by atoms with E-state index >= 15 is 0 Å². The summed E-state index contributed by atoms with van der Waals surface area (Å²) in [6, 6.07) is 12.8. The molecule has 0 atom stereocenters. The van der Waals surface area contributed by atoms with Crippen LogP contribution in [0.2, 0.25) is 0 Å². The van der Waals surface area contributed by atoms with E-state index in [4.69, 9.17) is 14.2 Å². The Morgan fingerprint density at radius 1 is 1.00 bits per heavy atom. The molecule has 0 radical (unpaired) electrons. The van der Waals surface area contributed by atoms with E-state index in [9.17, 15) is 4.79 Å². The van der Waals surface area contributed by atoms with Gasteiger partial charge in [0.1, 0.15) is 5.75 Å². The third kappa shape index (κ3) is 4.87. The first-order valence-corrected chi connectivity index (χ1v) is 7.59. The van der Waals surface area contributed by atoms with E-state index in [1.54, 1.807) is 27.4 Å². The van der Waals surface area contributed by atoms with E-state index < -0.39 is 0 Å². The fourth-order valence-electron chi connectivity index (χ4n) is 2.19. The predicted molar refractivity (Wildman–Crippen MR) is 96.8 cm³/mol. The molecular weight excluding hydrogens is 322 g/mol. The molecule has 0 aliphatic carbocycles. The second-order valence-electron chi connectivity index (χ2n) is 4.93. The van der Waals surface area contributed by atoms with Crippen molar-refractivity contribution in [2.24, 2.45) is 5.10 Å². The normalized spacial score (nSPS) is 10.4. The topological polar surface area (TPSA) is 81.2 Å². The highest BCUT2D eigenvalue weighted by Gasteiger charge is 2.08. The summed E-state index contributed by atoms with van der Waals surface area (Å²) >= 11 is 0. The number of hydrogen-bond acceptors (Lipinski definition) is 6. The van der Waals surface area contributed by atoms with Crippen LogP contribution in [-0.2, 0) is 4.79 Å². The van der Waals surface area contributed by atoms with Crippen LogP contribution in [0.3, 0.4) is 0 Å². The van der Waals surface area contributed by atoms with Crippen LogP contribution in [0.15, 0.2) is 47.6 Å². The summed E-state index contributed by atoms with van der Waals surface area (Å²) in [5.41, 5.74) is 3.89. The third-order valence-electron chi connectivity index (χ3n) is 3.37. The van der Waals surface area contributed by atoms with Gasteiger partial charge in [-0.05, 0) is 24.3 Å². The minimum Gasteiger partial charge on any atom is -0.495 e. The zero-order valence-electron chi connectivity index (χ0n) is 14.4. The summed E-state index contributed by atoms with van der Waals surface area (Å²) in [7, 11) is 4.68. The van der Waals surface area contributed by atoms with E-state index in [-0.39, 0.29) is 12.5 Å². The van der Waals surface area contributed by atoms with Crippen molar-refractivity contribution in [3.05, 3.63) is 48.0 Å². The summed E-state index contributed by atoms with van der Waals surface area (Å²) in [4.78, 5) is 11.9. The molecule has 0 aromatic heterocycles. The highest BCUT2D eigenvalue weighted by molar-refractivity contribution is 5.87. The summed E-state index contributed by atoms with van der Waals surface area (Å²) in [5.74, 6) is 1.52. The van der Waals surface area contributed by atoms with Crippen molar-refractivity contribution >= 4 is 17.8 Å². The molecule has 0 spiro atoms. The molecule has 25 heavy (non-hydrogen) atoms. The fraction of sp³-hybridized carbons (Fsp3) is 0.222. The second-order valence-corrected chi connectivity index (χ2v) is 4.93. The number of para-hydroxylation sites is 3. The molecule has 0 saturated heterocycles. The van der Waals surface area contributed by atoms with Gasteiger partial charge in [0, 0.05) is 5.56 Å². The largest absolute Gasteiger partial charge is 0.495 e. The van der Waals surface area contributed by atoms with Gasteiger partial charge in [0.2, 0.25) is 0 Å². The third-order valence-corrected chi connectivity index (χ3v) is 3.37. The molecule has 7 heteroatoms. The molecule has 2 aromatic carbocycles. The lowest BCUT2D eigenvalue weighted by molar-refractivity contribution is -0.119. The SMILES string of the molecule is COc1ccccc1NCC(=O)N/N=C\c1cccc(OC)c1OC. The summed E-state index contributed by atoms with van der Waals surface area (Å²) < 4.78 is 15.7.